The van der Waals surface area contributed by atoms with Crippen molar-refractivity contribution >= 4 is 29.0 Å². The van der Waals surface area contributed by atoms with E-state index in [0.29, 0.717) is 11.0 Å². The fourth-order valence-electron chi connectivity index (χ4n) is 2.23. The standard InChI is InChI=1S/C16H14N6O4S/c17-21-15(10-4-2-1-3-5-10)19-20-16(21)27-9-14(24)18-11-6-7-13(23)12(8-11)22(25)26/h1-8,23H,9,17H2,(H,18,24). The summed E-state index contributed by atoms with van der Waals surface area (Å²) in [7, 11) is 0. The largest absolute Gasteiger partial charge is 0.502 e. The lowest BCUT2D eigenvalue weighted by Gasteiger charge is -2.06. The second-order valence-electron chi connectivity index (χ2n) is 5.34. The van der Waals surface area contributed by atoms with Gasteiger partial charge in [-0.05, 0) is 12.1 Å². The van der Waals surface area contributed by atoms with Gasteiger partial charge in [0.15, 0.2) is 11.6 Å². The lowest BCUT2D eigenvalue weighted by atomic mass is 10.2. The first kappa shape index (κ1) is 18.2. The van der Waals surface area contributed by atoms with Gasteiger partial charge in [0.25, 0.3) is 0 Å². The fraction of sp³-hybridized carbons (Fsp3) is 0.0625. The van der Waals surface area contributed by atoms with Crippen molar-refractivity contribution < 1.29 is 14.8 Å². The van der Waals surface area contributed by atoms with Crippen molar-refractivity contribution in [2.45, 2.75) is 5.16 Å². The molecule has 0 radical (unpaired) electrons. The molecule has 0 aliphatic carbocycles. The highest BCUT2D eigenvalue weighted by Gasteiger charge is 2.16. The second kappa shape index (κ2) is 7.74. The van der Waals surface area contributed by atoms with Gasteiger partial charge in [-0.2, -0.15) is 0 Å². The number of nitrogens with zero attached hydrogens (tertiary/aromatic N) is 4. The quantitative estimate of drug-likeness (QED) is 0.191. The maximum absolute atomic E-state index is 12.1. The first-order chi connectivity index (χ1) is 13.0. The van der Waals surface area contributed by atoms with E-state index in [1.54, 1.807) is 0 Å². The molecule has 138 valence electrons. The van der Waals surface area contributed by atoms with Gasteiger partial charge in [-0.1, -0.05) is 42.1 Å². The molecule has 1 amide bonds. The van der Waals surface area contributed by atoms with E-state index in [-0.39, 0.29) is 11.4 Å². The first-order valence-corrected chi connectivity index (χ1v) is 8.60. The Morgan fingerprint density at radius 2 is 2.00 bits per heavy atom. The summed E-state index contributed by atoms with van der Waals surface area (Å²) in [6, 6.07) is 12.8. The maximum atomic E-state index is 12.1. The van der Waals surface area contributed by atoms with Crippen LogP contribution in [-0.2, 0) is 4.79 Å². The van der Waals surface area contributed by atoms with Crippen molar-refractivity contribution in [2.75, 3.05) is 16.9 Å². The molecule has 0 saturated carbocycles. The molecule has 3 aromatic rings. The number of nitrogens with two attached hydrogens (primary N) is 1. The van der Waals surface area contributed by atoms with E-state index in [1.165, 1.54) is 10.7 Å². The summed E-state index contributed by atoms with van der Waals surface area (Å²) >= 11 is 1.07. The number of nitrogens with one attached hydrogen (secondary N) is 1. The number of nitro groups is 1. The topological polar surface area (TPSA) is 149 Å². The van der Waals surface area contributed by atoms with Crippen LogP contribution in [0.25, 0.3) is 11.4 Å². The molecular formula is C16H14N6O4S. The number of benzene rings is 2. The van der Waals surface area contributed by atoms with Gasteiger partial charge in [-0.3, -0.25) is 14.9 Å². The van der Waals surface area contributed by atoms with Crippen molar-refractivity contribution in [1.82, 2.24) is 14.9 Å². The summed E-state index contributed by atoms with van der Waals surface area (Å²) in [5.74, 6) is 5.53. The predicted molar refractivity (Wildman–Crippen MR) is 99.7 cm³/mol. The summed E-state index contributed by atoms with van der Waals surface area (Å²) < 4.78 is 1.29. The van der Waals surface area contributed by atoms with E-state index in [2.05, 4.69) is 15.5 Å². The number of hydrogen-bond donors (Lipinski definition) is 3. The third-order valence-electron chi connectivity index (χ3n) is 3.48. The Morgan fingerprint density at radius 1 is 1.26 bits per heavy atom. The van der Waals surface area contributed by atoms with Crippen LogP contribution in [0.1, 0.15) is 0 Å². The smallest absolute Gasteiger partial charge is 0.312 e. The molecule has 0 atom stereocenters. The van der Waals surface area contributed by atoms with Crippen LogP contribution in [0, 0.1) is 10.1 Å². The SMILES string of the molecule is Nn1c(SCC(=O)Nc2ccc(O)c([N+](=O)[O-])c2)nnc1-c1ccccc1. The minimum atomic E-state index is -0.734. The monoisotopic (exact) mass is 386 g/mol. The number of rotatable bonds is 6. The molecule has 1 aromatic heterocycles. The van der Waals surface area contributed by atoms with E-state index < -0.39 is 22.3 Å². The third kappa shape index (κ3) is 4.15. The number of aromatic hydroxyl groups is 1. The summed E-state index contributed by atoms with van der Waals surface area (Å²) in [4.78, 5) is 22.2. The van der Waals surface area contributed by atoms with Gasteiger partial charge in [0.2, 0.25) is 11.1 Å². The van der Waals surface area contributed by atoms with E-state index >= 15 is 0 Å². The zero-order chi connectivity index (χ0) is 19.4. The second-order valence-corrected chi connectivity index (χ2v) is 6.28. The Kier molecular flexibility index (Phi) is 5.22. The number of nitro benzene ring substituents is 1. The normalized spacial score (nSPS) is 10.5. The molecule has 0 saturated heterocycles. The van der Waals surface area contributed by atoms with Crippen LogP contribution in [0.3, 0.4) is 0 Å². The lowest BCUT2D eigenvalue weighted by molar-refractivity contribution is -0.385. The number of carbonyl (C=O) groups is 1. The maximum Gasteiger partial charge on any atom is 0.312 e. The summed E-state index contributed by atoms with van der Waals surface area (Å²) in [5, 5.41) is 31.1. The van der Waals surface area contributed by atoms with Crippen molar-refractivity contribution in [2.24, 2.45) is 0 Å². The average molecular weight is 386 g/mol. The summed E-state index contributed by atoms with van der Waals surface area (Å²) in [6.45, 7) is 0. The number of amides is 1. The lowest BCUT2D eigenvalue weighted by Crippen LogP contribution is -2.16. The van der Waals surface area contributed by atoms with Gasteiger partial charge in [0.1, 0.15) is 0 Å². The molecule has 0 aliphatic rings. The van der Waals surface area contributed by atoms with E-state index in [1.807, 2.05) is 30.3 Å². The molecule has 27 heavy (non-hydrogen) atoms. The van der Waals surface area contributed by atoms with Gasteiger partial charge in [-0.15, -0.1) is 10.2 Å². The van der Waals surface area contributed by atoms with E-state index in [9.17, 15) is 20.0 Å². The van der Waals surface area contributed by atoms with Gasteiger partial charge >= 0.3 is 5.69 Å². The van der Waals surface area contributed by atoms with Crippen molar-refractivity contribution in [1.29, 1.82) is 0 Å². The Bertz CT molecular complexity index is 992. The summed E-state index contributed by atoms with van der Waals surface area (Å²) in [6.07, 6.45) is 0. The highest BCUT2D eigenvalue weighted by atomic mass is 32.2. The number of aromatic nitrogens is 3. The number of anilines is 1. The highest BCUT2D eigenvalue weighted by molar-refractivity contribution is 7.99. The van der Waals surface area contributed by atoms with Gasteiger partial charge in [-0.25, -0.2) is 4.68 Å². The minimum absolute atomic E-state index is 0.0290. The Labute approximate surface area is 157 Å². The third-order valence-corrected chi connectivity index (χ3v) is 4.43. The van der Waals surface area contributed by atoms with Crippen molar-refractivity contribution in [3.05, 3.63) is 58.6 Å². The molecule has 10 nitrogen and oxygen atoms in total. The van der Waals surface area contributed by atoms with Gasteiger partial charge in [0, 0.05) is 17.3 Å². The molecular weight excluding hydrogens is 372 g/mol. The molecule has 0 fully saturated rings. The predicted octanol–water partition coefficient (Wildman–Crippen LogP) is 2.00. The molecule has 0 bridgehead atoms. The Hall–Kier alpha value is -3.60. The van der Waals surface area contributed by atoms with Crippen molar-refractivity contribution in [3.8, 4) is 17.1 Å². The number of nitrogen functional groups attached to an aromatic ring is 1. The van der Waals surface area contributed by atoms with E-state index in [4.69, 9.17) is 5.84 Å². The number of phenols is 1. The van der Waals surface area contributed by atoms with Crippen LogP contribution in [0.5, 0.6) is 5.75 Å². The zero-order valence-electron chi connectivity index (χ0n) is 13.8. The molecule has 0 aliphatic heterocycles. The number of hydrogen-bond acceptors (Lipinski definition) is 8. The number of carbonyl (C=O) groups excluding carboxylic acids is 1. The van der Waals surface area contributed by atoms with Crippen LogP contribution >= 0.6 is 11.8 Å². The van der Waals surface area contributed by atoms with Gasteiger partial charge in [0.05, 0.1) is 10.7 Å². The minimum Gasteiger partial charge on any atom is -0.502 e. The van der Waals surface area contributed by atoms with Crippen LogP contribution in [-0.4, -0.2) is 36.6 Å². The van der Waals surface area contributed by atoms with Crippen LogP contribution < -0.4 is 11.2 Å². The zero-order valence-corrected chi connectivity index (χ0v) is 14.6. The molecule has 0 unspecified atom stereocenters. The number of thioether (sulfide) groups is 1. The molecule has 1 heterocycles. The average Bonchev–Trinajstić information content (AvgIpc) is 3.02. The molecule has 3 rings (SSSR count). The first-order valence-electron chi connectivity index (χ1n) is 7.61. The molecule has 0 spiro atoms. The van der Waals surface area contributed by atoms with Crippen LogP contribution in [0.15, 0.2) is 53.7 Å². The fourth-order valence-corrected chi connectivity index (χ4v) is 2.89. The van der Waals surface area contributed by atoms with Crippen molar-refractivity contribution in [3.63, 3.8) is 0 Å². The highest BCUT2D eigenvalue weighted by Crippen LogP contribution is 2.28. The molecule has 2 aromatic carbocycles. The Balaban J connectivity index is 1.64. The van der Waals surface area contributed by atoms with Crippen LogP contribution in [0.2, 0.25) is 0 Å². The molecule has 4 N–H and O–H groups in total. The number of phenolic OH excluding ortho intramolecular Hbond substituents is 1. The van der Waals surface area contributed by atoms with Crippen LogP contribution in [0.4, 0.5) is 11.4 Å². The summed E-state index contributed by atoms with van der Waals surface area (Å²) in [5.41, 5.74) is 0.499. The van der Waals surface area contributed by atoms with E-state index in [0.717, 1.165) is 29.5 Å². The van der Waals surface area contributed by atoms with Gasteiger partial charge < -0.3 is 16.3 Å². The molecule has 11 heteroatoms. The Morgan fingerprint density at radius 3 is 2.70 bits per heavy atom.